The lowest BCUT2D eigenvalue weighted by Gasteiger charge is -2.35. The molecule has 1 unspecified atom stereocenters. The Hall–Kier alpha value is -1.09. The second-order valence-electron chi connectivity index (χ2n) is 4.56. The van der Waals surface area contributed by atoms with Crippen molar-refractivity contribution >= 4 is 5.82 Å². The average Bonchev–Trinajstić information content (AvgIpc) is 2.31. The summed E-state index contributed by atoms with van der Waals surface area (Å²) in [6, 6.07) is 4.76. The number of piperidine rings is 1. The van der Waals surface area contributed by atoms with Gasteiger partial charge in [0, 0.05) is 18.8 Å². The zero-order valence-electron chi connectivity index (χ0n) is 10.0. The molecular weight excluding hydrogens is 198 g/mol. The van der Waals surface area contributed by atoms with E-state index in [0.29, 0.717) is 12.6 Å². The molecule has 1 aromatic heterocycles. The Balaban J connectivity index is 2.23. The maximum absolute atomic E-state index is 5.65. The van der Waals surface area contributed by atoms with Crippen LogP contribution in [0.1, 0.15) is 31.7 Å². The van der Waals surface area contributed by atoms with E-state index in [1.165, 1.54) is 24.8 Å². The Labute approximate surface area is 97.7 Å². The summed E-state index contributed by atoms with van der Waals surface area (Å²) in [5.41, 5.74) is 6.94. The summed E-state index contributed by atoms with van der Waals surface area (Å²) >= 11 is 0. The monoisotopic (exact) mass is 219 g/mol. The van der Waals surface area contributed by atoms with Crippen molar-refractivity contribution in [1.82, 2.24) is 4.98 Å². The topological polar surface area (TPSA) is 42.2 Å². The Kier molecular flexibility index (Phi) is 3.78. The van der Waals surface area contributed by atoms with Gasteiger partial charge >= 0.3 is 0 Å². The highest BCUT2D eigenvalue weighted by molar-refractivity contribution is 5.48. The predicted molar refractivity (Wildman–Crippen MR) is 67.7 cm³/mol. The summed E-state index contributed by atoms with van der Waals surface area (Å²) in [6.07, 6.45) is 6.71. The maximum Gasteiger partial charge on any atom is 0.131 e. The number of hydrogen-bond acceptors (Lipinski definition) is 3. The van der Waals surface area contributed by atoms with E-state index < -0.39 is 0 Å². The van der Waals surface area contributed by atoms with Crippen LogP contribution in [0.25, 0.3) is 0 Å². The van der Waals surface area contributed by atoms with E-state index in [1.54, 1.807) is 0 Å². The van der Waals surface area contributed by atoms with Crippen molar-refractivity contribution in [2.24, 2.45) is 5.73 Å². The molecule has 3 heteroatoms. The van der Waals surface area contributed by atoms with E-state index in [9.17, 15) is 0 Å². The van der Waals surface area contributed by atoms with Crippen LogP contribution in [0.3, 0.4) is 0 Å². The van der Waals surface area contributed by atoms with Crippen molar-refractivity contribution in [1.29, 1.82) is 0 Å². The molecule has 1 fully saturated rings. The molecule has 2 rings (SSSR count). The van der Waals surface area contributed by atoms with E-state index in [2.05, 4.69) is 22.9 Å². The summed E-state index contributed by atoms with van der Waals surface area (Å²) in [4.78, 5) is 6.98. The van der Waals surface area contributed by atoms with E-state index >= 15 is 0 Å². The fraction of sp³-hybridized carbons (Fsp3) is 0.615. The minimum absolute atomic E-state index is 0.611. The van der Waals surface area contributed by atoms with Gasteiger partial charge in [0.05, 0.1) is 0 Å². The van der Waals surface area contributed by atoms with Crippen molar-refractivity contribution < 1.29 is 0 Å². The van der Waals surface area contributed by atoms with Gasteiger partial charge in [-0.3, -0.25) is 0 Å². The second kappa shape index (κ2) is 5.30. The first-order valence-corrected chi connectivity index (χ1v) is 6.23. The number of rotatable bonds is 3. The fourth-order valence-electron chi connectivity index (χ4n) is 2.45. The molecule has 0 amide bonds. The zero-order valence-corrected chi connectivity index (χ0v) is 10.0. The molecule has 0 bridgehead atoms. The number of hydrogen-bond donors (Lipinski definition) is 1. The molecule has 0 spiro atoms. The maximum atomic E-state index is 5.65. The SMILES string of the molecule is CC1CCCCN1c1ncccc1CCN. The van der Waals surface area contributed by atoms with E-state index in [-0.39, 0.29) is 0 Å². The predicted octanol–water partition coefficient (Wildman–Crippen LogP) is 1.96. The number of nitrogens with two attached hydrogens (primary N) is 1. The van der Waals surface area contributed by atoms with Gasteiger partial charge in [0.15, 0.2) is 0 Å². The molecule has 1 aliphatic rings. The highest BCUT2D eigenvalue weighted by atomic mass is 15.2. The molecule has 0 aliphatic carbocycles. The highest BCUT2D eigenvalue weighted by Crippen LogP contribution is 2.25. The standard InChI is InChI=1S/C13H21N3/c1-11-5-2-3-10-16(11)13-12(7-8-14)6-4-9-15-13/h4,6,9,11H,2-3,5,7-8,10,14H2,1H3. The normalized spacial score (nSPS) is 21.1. The first-order valence-electron chi connectivity index (χ1n) is 6.23. The van der Waals surface area contributed by atoms with Gasteiger partial charge in [-0.25, -0.2) is 4.98 Å². The first kappa shape index (κ1) is 11.4. The first-order chi connectivity index (χ1) is 7.83. The van der Waals surface area contributed by atoms with Crippen LogP contribution in [-0.2, 0) is 6.42 Å². The Morgan fingerprint density at radius 3 is 3.12 bits per heavy atom. The molecule has 16 heavy (non-hydrogen) atoms. The molecule has 1 aliphatic heterocycles. The van der Waals surface area contributed by atoms with Crippen molar-refractivity contribution in [3.8, 4) is 0 Å². The zero-order chi connectivity index (χ0) is 11.4. The van der Waals surface area contributed by atoms with Crippen LogP contribution in [0.15, 0.2) is 18.3 Å². The van der Waals surface area contributed by atoms with Crippen LogP contribution in [0.2, 0.25) is 0 Å². The summed E-state index contributed by atoms with van der Waals surface area (Å²) in [5, 5.41) is 0. The number of anilines is 1. The van der Waals surface area contributed by atoms with Gasteiger partial charge in [0.25, 0.3) is 0 Å². The third kappa shape index (κ3) is 2.35. The molecule has 2 N–H and O–H groups in total. The van der Waals surface area contributed by atoms with Crippen LogP contribution >= 0.6 is 0 Å². The minimum atomic E-state index is 0.611. The van der Waals surface area contributed by atoms with Crippen molar-refractivity contribution in [3.05, 3.63) is 23.9 Å². The molecular formula is C13H21N3. The third-order valence-electron chi connectivity index (χ3n) is 3.36. The van der Waals surface area contributed by atoms with Gasteiger partial charge in [0.1, 0.15) is 5.82 Å². The van der Waals surface area contributed by atoms with Crippen LogP contribution in [0.5, 0.6) is 0 Å². The van der Waals surface area contributed by atoms with Gasteiger partial charge in [-0.15, -0.1) is 0 Å². The van der Waals surface area contributed by atoms with Crippen LogP contribution in [0.4, 0.5) is 5.82 Å². The molecule has 1 aromatic rings. The van der Waals surface area contributed by atoms with Crippen LogP contribution < -0.4 is 10.6 Å². The number of pyridine rings is 1. The van der Waals surface area contributed by atoms with Crippen molar-refractivity contribution in [2.45, 2.75) is 38.6 Å². The molecule has 2 heterocycles. The fourth-order valence-corrected chi connectivity index (χ4v) is 2.45. The summed E-state index contributed by atoms with van der Waals surface area (Å²) in [6.45, 7) is 4.12. The Morgan fingerprint density at radius 1 is 1.50 bits per heavy atom. The summed E-state index contributed by atoms with van der Waals surface area (Å²) < 4.78 is 0. The highest BCUT2D eigenvalue weighted by Gasteiger charge is 2.21. The molecule has 0 aromatic carbocycles. The number of aromatic nitrogens is 1. The summed E-state index contributed by atoms with van der Waals surface area (Å²) in [7, 11) is 0. The van der Waals surface area contributed by atoms with Crippen LogP contribution in [-0.4, -0.2) is 24.1 Å². The quantitative estimate of drug-likeness (QED) is 0.845. The van der Waals surface area contributed by atoms with Crippen molar-refractivity contribution in [3.63, 3.8) is 0 Å². The van der Waals surface area contributed by atoms with Gasteiger partial charge < -0.3 is 10.6 Å². The van der Waals surface area contributed by atoms with Gasteiger partial charge in [0.2, 0.25) is 0 Å². The average molecular weight is 219 g/mol. The molecule has 0 radical (unpaired) electrons. The van der Waals surface area contributed by atoms with E-state index in [4.69, 9.17) is 5.73 Å². The molecule has 88 valence electrons. The Bertz CT molecular complexity index is 338. The van der Waals surface area contributed by atoms with Crippen molar-refractivity contribution in [2.75, 3.05) is 18.0 Å². The lowest BCUT2D eigenvalue weighted by molar-refractivity contribution is 0.480. The van der Waals surface area contributed by atoms with E-state index in [1.807, 2.05) is 12.3 Å². The lowest BCUT2D eigenvalue weighted by Crippen LogP contribution is -2.38. The smallest absolute Gasteiger partial charge is 0.131 e. The second-order valence-corrected chi connectivity index (χ2v) is 4.56. The minimum Gasteiger partial charge on any atom is -0.354 e. The van der Waals surface area contributed by atoms with Gasteiger partial charge in [-0.1, -0.05) is 6.07 Å². The van der Waals surface area contributed by atoms with Gasteiger partial charge in [-0.05, 0) is 50.8 Å². The Morgan fingerprint density at radius 2 is 2.38 bits per heavy atom. The molecule has 0 saturated carbocycles. The van der Waals surface area contributed by atoms with Crippen LogP contribution in [0, 0.1) is 0 Å². The summed E-state index contributed by atoms with van der Waals surface area (Å²) in [5.74, 6) is 1.15. The number of nitrogens with zero attached hydrogens (tertiary/aromatic N) is 2. The lowest BCUT2D eigenvalue weighted by atomic mass is 10.0. The third-order valence-corrected chi connectivity index (χ3v) is 3.36. The van der Waals surface area contributed by atoms with Gasteiger partial charge in [-0.2, -0.15) is 0 Å². The van der Waals surface area contributed by atoms with E-state index in [0.717, 1.165) is 18.8 Å². The molecule has 1 atom stereocenters. The molecule has 1 saturated heterocycles. The largest absolute Gasteiger partial charge is 0.354 e. The molecule has 3 nitrogen and oxygen atoms in total.